The van der Waals surface area contributed by atoms with Crippen LogP contribution in [0.25, 0.3) is 0 Å². The minimum atomic E-state index is -3.48. The van der Waals surface area contributed by atoms with Gasteiger partial charge in [-0.2, -0.15) is 0 Å². The molecule has 1 unspecified atom stereocenters. The minimum Gasteiger partial charge on any atom is -0.352 e. The molecule has 1 amide bonds. The fourth-order valence-corrected chi connectivity index (χ4v) is 3.94. The van der Waals surface area contributed by atoms with Crippen LogP contribution in [0.15, 0.2) is 29.2 Å². The van der Waals surface area contributed by atoms with Crippen molar-refractivity contribution >= 4 is 15.9 Å². The first-order chi connectivity index (χ1) is 11.4. The number of nitrogens with zero attached hydrogens (tertiary/aromatic N) is 1. The standard InChI is InChI=1S/C17H27N3O3S/c1-3-19-24(22,23)16-8-6-15(7-9-16)17(21)18-12-14(2)13-20-10-4-5-11-20/h6-9,14,19H,3-5,10-13H2,1-2H3,(H,18,21). The number of benzene rings is 1. The largest absolute Gasteiger partial charge is 0.352 e. The predicted octanol–water partition coefficient (Wildman–Crippen LogP) is 1.45. The summed E-state index contributed by atoms with van der Waals surface area (Å²) in [5.41, 5.74) is 0.471. The predicted molar refractivity (Wildman–Crippen MR) is 94.5 cm³/mol. The molecule has 0 spiro atoms. The van der Waals surface area contributed by atoms with E-state index in [1.807, 2.05) is 0 Å². The summed E-state index contributed by atoms with van der Waals surface area (Å²) >= 11 is 0. The highest BCUT2D eigenvalue weighted by Gasteiger charge is 2.16. The zero-order chi connectivity index (χ0) is 17.6. The Labute approximate surface area is 144 Å². The third-order valence-electron chi connectivity index (χ3n) is 4.14. The van der Waals surface area contributed by atoms with Gasteiger partial charge in [0, 0.05) is 25.2 Å². The Morgan fingerprint density at radius 3 is 2.42 bits per heavy atom. The number of rotatable bonds is 8. The number of nitrogens with one attached hydrogen (secondary N) is 2. The number of hydrogen-bond acceptors (Lipinski definition) is 4. The lowest BCUT2D eigenvalue weighted by atomic mass is 10.1. The second-order valence-corrected chi connectivity index (χ2v) is 8.12. The van der Waals surface area contributed by atoms with Gasteiger partial charge in [-0.15, -0.1) is 0 Å². The van der Waals surface area contributed by atoms with Gasteiger partial charge in [0.15, 0.2) is 0 Å². The second-order valence-electron chi connectivity index (χ2n) is 6.35. The van der Waals surface area contributed by atoms with E-state index in [-0.39, 0.29) is 10.8 Å². The quantitative estimate of drug-likeness (QED) is 0.741. The van der Waals surface area contributed by atoms with Crippen LogP contribution in [0.3, 0.4) is 0 Å². The maximum atomic E-state index is 12.2. The molecule has 1 aromatic carbocycles. The Morgan fingerprint density at radius 1 is 1.21 bits per heavy atom. The summed E-state index contributed by atoms with van der Waals surface area (Å²) in [5, 5.41) is 2.93. The van der Waals surface area contributed by atoms with Gasteiger partial charge in [0.2, 0.25) is 10.0 Å². The molecule has 1 aliphatic heterocycles. The van der Waals surface area contributed by atoms with Crippen LogP contribution in [0.1, 0.15) is 37.0 Å². The van der Waals surface area contributed by atoms with E-state index < -0.39 is 10.0 Å². The summed E-state index contributed by atoms with van der Waals surface area (Å²) in [4.78, 5) is 14.8. The SMILES string of the molecule is CCNS(=O)(=O)c1ccc(C(=O)NCC(C)CN2CCCC2)cc1. The van der Waals surface area contributed by atoms with E-state index in [4.69, 9.17) is 0 Å². The molecule has 1 aromatic rings. The smallest absolute Gasteiger partial charge is 0.251 e. The van der Waals surface area contributed by atoms with E-state index in [2.05, 4.69) is 21.9 Å². The molecule has 24 heavy (non-hydrogen) atoms. The molecular formula is C17H27N3O3S. The molecule has 1 fully saturated rings. The highest BCUT2D eigenvalue weighted by Crippen LogP contribution is 2.12. The molecule has 1 aliphatic rings. The molecule has 0 bridgehead atoms. The van der Waals surface area contributed by atoms with Gasteiger partial charge < -0.3 is 10.2 Å². The highest BCUT2D eigenvalue weighted by atomic mass is 32.2. The van der Waals surface area contributed by atoms with Crippen LogP contribution in [-0.4, -0.2) is 51.9 Å². The molecule has 7 heteroatoms. The van der Waals surface area contributed by atoms with Gasteiger partial charge in [-0.05, 0) is 56.1 Å². The van der Waals surface area contributed by atoms with Crippen LogP contribution < -0.4 is 10.0 Å². The molecule has 2 rings (SSSR count). The van der Waals surface area contributed by atoms with Gasteiger partial charge in [-0.25, -0.2) is 13.1 Å². The summed E-state index contributed by atoms with van der Waals surface area (Å²) in [5.74, 6) is 0.219. The molecule has 6 nitrogen and oxygen atoms in total. The number of carbonyl (C=O) groups excluding carboxylic acids is 1. The van der Waals surface area contributed by atoms with Crippen molar-refractivity contribution in [2.75, 3.05) is 32.7 Å². The summed E-state index contributed by atoms with van der Waals surface area (Å²) in [7, 11) is -3.48. The first-order valence-corrected chi connectivity index (χ1v) is 10.0. The number of amides is 1. The topological polar surface area (TPSA) is 78.5 Å². The average molecular weight is 353 g/mol. The molecule has 0 aliphatic carbocycles. The lowest BCUT2D eigenvalue weighted by molar-refractivity contribution is 0.0945. The zero-order valence-electron chi connectivity index (χ0n) is 14.4. The van der Waals surface area contributed by atoms with Crippen LogP contribution >= 0.6 is 0 Å². The summed E-state index contributed by atoms with van der Waals surface area (Å²) < 4.78 is 26.2. The molecule has 134 valence electrons. The number of carbonyl (C=O) groups is 1. The normalized spacial score (nSPS) is 16.9. The van der Waals surface area contributed by atoms with Crippen molar-refractivity contribution < 1.29 is 13.2 Å². The van der Waals surface area contributed by atoms with Crippen molar-refractivity contribution in [1.29, 1.82) is 0 Å². The van der Waals surface area contributed by atoms with E-state index >= 15 is 0 Å². The maximum Gasteiger partial charge on any atom is 0.251 e. The summed E-state index contributed by atoms with van der Waals surface area (Å²) in [6.45, 7) is 8.11. The van der Waals surface area contributed by atoms with E-state index in [1.165, 1.54) is 25.0 Å². The number of hydrogen-bond donors (Lipinski definition) is 2. The fourth-order valence-electron chi connectivity index (χ4n) is 2.90. The van der Waals surface area contributed by atoms with Gasteiger partial charge in [-0.3, -0.25) is 4.79 Å². The fraction of sp³-hybridized carbons (Fsp3) is 0.588. The molecule has 1 heterocycles. The first-order valence-electron chi connectivity index (χ1n) is 8.52. The van der Waals surface area contributed by atoms with Crippen LogP contribution in [0.2, 0.25) is 0 Å². The lowest BCUT2D eigenvalue weighted by Crippen LogP contribution is -2.34. The van der Waals surface area contributed by atoms with E-state index in [1.54, 1.807) is 19.1 Å². The van der Waals surface area contributed by atoms with Crippen LogP contribution in [0, 0.1) is 5.92 Å². The van der Waals surface area contributed by atoms with E-state index in [0.717, 1.165) is 19.6 Å². The van der Waals surface area contributed by atoms with Gasteiger partial charge >= 0.3 is 0 Å². The van der Waals surface area contributed by atoms with Crippen molar-refractivity contribution in [2.24, 2.45) is 5.92 Å². The molecule has 0 aromatic heterocycles. The van der Waals surface area contributed by atoms with E-state index in [9.17, 15) is 13.2 Å². The van der Waals surface area contributed by atoms with Crippen molar-refractivity contribution in [3.05, 3.63) is 29.8 Å². The van der Waals surface area contributed by atoms with Crippen molar-refractivity contribution in [1.82, 2.24) is 14.9 Å². The van der Waals surface area contributed by atoms with Crippen LogP contribution in [0.5, 0.6) is 0 Å². The van der Waals surface area contributed by atoms with Gasteiger partial charge in [0.25, 0.3) is 5.91 Å². The second kappa shape index (κ2) is 8.60. The first kappa shape index (κ1) is 18.9. The van der Waals surface area contributed by atoms with Gasteiger partial charge in [0.05, 0.1) is 4.90 Å². The Bertz CT molecular complexity index is 638. The minimum absolute atomic E-state index is 0.170. The molecule has 0 saturated carbocycles. The molecule has 1 saturated heterocycles. The third kappa shape index (κ3) is 5.29. The van der Waals surface area contributed by atoms with Crippen molar-refractivity contribution in [2.45, 2.75) is 31.6 Å². The number of sulfonamides is 1. The molecule has 1 atom stereocenters. The lowest BCUT2D eigenvalue weighted by Gasteiger charge is -2.20. The van der Waals surface area contributed by atoms with Crippen LogP contribution in [-0.2, 0) is 10.0 Å². The monoisotopic (exact) mass is 353 g/mol. The summed E-state index contributed by atoms with van der Waals surface area (Å²) in [6, 6.07) is 6.01. The van der Waals surface area contributed by atoms with Gasteiger partial charge in [0.1, 0.15) is 0 Å². The Kier molecular flexibility index (Phi) is 6.77. The van der Waals surface area contributed by atoms with Gasteiger partial charge in [-0.1, -0.05) is 13.8 Å². The highest BCUT2D eigenvalue weighted by molar-refractivity contribution is 7.89. The van der Waals surface area contributed by atoms with Crippen molar-refractivity contribution in [3.8, 4) is 0 Å². The van der Waals surface area contributed by atoms with E-state index in [0.29, 0.717) is 24.6 Å². The Hall–Kier alpha value is -1.44. The van der Waals surface area contributed by atoms with Crippen molar-refractivity contribution in [3.63, 3.8) is 0 Å². The Balaban J connectivity index is 1.86. The average Bonchev–Trinajstić information content (AvgIpc) is 3.05. The zero-order valence-corrected chi connectivity index (χ0v) is 15.2. The maximum absolute atomic E-state index is 12.2. The molecule has 0 radical (unpaired) electrons. The number of likely N-dealkylation sites (tertiary alicyclic amines) is 1. The Morgan fingerprint density at radius 2 is 1.83 bits per heavy atom. The summed E-state index contributed by atoms with van der Waals surface area (Å²) in [6.07, 6.45) is 2.53. The molecular weight excluding hydrogens is 326 g/mol. The van der Waals surface area contributed by atoms with Crippen LogP contribution in [0.4, 0.5) is 0 Å². The third-order valence-corrected chi connectivity index (χ3v) is 5.70. The molecule has 2 N–H and O–H groups in total.